The molecule has 1 rings (SSSR count). The summed E-state index contributed by atoms with van der Waals surface area (Å²) in [5, 5.41) is 2.96. The van der Waals surface area contributed by atoms with Gasteiger partial charge >= 0.3 is 6.18 Å². The zero-order valence-electron chi connectivity index (χ0n) is 13.2. The number of halogens is 3. The largest absolute Gasteiger partial charge is 0.416 e. The molecule has 0 aliphatic heterocycles. The lowest BCUT2D eigenvalue weighted by atomic mass is 10.0. The summed E-state index contributed by atoms with van der Waals surface area (Å²) in [6.07, 6.45) is -3.42. The minimum atomic E-state index is -4.32. The predicted octanol–water partition coefficient (Wildman–Crippen LogP) is 4.44. The van der Waals surface area contributed by atoms with E-state index in [9.17, 15) is 13.2 Å². The van der Waals surface area contributed by atoms with Crippen molar-refractivity contribution in [3.63, 3.8) is 0 Å². The van der Waals surface area contributed by atoms with E-state index in [1.165, 1.54) is 6.07 Å². The van der Waals surface area contributed by atoms with Crippen LogP contribution in [0.3, 0.4) is 0 Å². The Hall–Kier alpha value is -1.23. The Morgan fingerprint density at radius 3 is 2.33 bits per heavy atom. The Morgan fingerprint density at radius 1 is 1.19 bits per heavy atom. The highest BCUT2D eigenvalue weighted by atomic mass is 19.4. The SMILES string of the molecule is CCCN(c1ccc(CNCC)c(C(F)(F)F)c1)C(C)C. The van der Waals surface area contributed by atoms with Crippen LogP contribution in [-0.4, -0.2) is 19.1 Å². The highest BCUT2D eigenvalue weighted by Gasteiger charge is 2.33. The van der Waals surface area contributed by atoms with Gasteiger partial charge in [0.1, 0.15) is 0 Å². The fraction of sp³-hybridized carbons (Fsp3) is 0.625. The van der Waals surface area contributed by atoms with Crippen molar-refractivity contribution in [3.05, 3.63) is 29.3 Å². The van der Waals surface area contributed by atoms with Crippen molar-refractivity contribution >= 4 is 5.69 Å². The first-order valence-electron chi connectivity index (χ1n) is 7.48. The van der Waals surface area contributed by atoms with Gasteiger partial charge in [-0.15, -0.1) is 0 Å². The highest BCUT2D eigenvalue weighted by molar-refractivity contribution is 5.52. The molecule has 1 aromatic rings. The van der Waals surface area contributed by atoms with E-state index in [1.54, 1.807) is 12.1 Å². The molecule has 2 nitrogen and oxygen atoms in total. The summed E-state index contributed by atoms with van der Waals surface area (Å²) in [6.45, 7) is 9.53. The highest BCUT2D eigenvalue weighted by Crippen LogP contribution is 2.35. The summed E-state index contributed by atoms with van der Waals surface area (Å²) < 4.78 is 39.8. The third kappa shape index (κ3) is 4.92. The summed E-state index contributed by atoms with van der Waals surface area (Å²) in [5.74, 6) is 0. The van der Waals surface area contributed by atoms with E-state index >= 15 is 0 Å². The summed E-state index contributed by atoms with van der Waals surface area (Å²) >= 11 is 0. The van der Waals surface area contributed by atoms with E-state index < -0.39 is 11.7 Å². The first-order valence-corrected chi connectivity index (χ1v) is 7.48. The van der Waals surface area contributed by atoms with Crippen LogP contribution in [0.25, 0.3) is 0 Å². The number of rotatable bonds is 7. The maximum Gasteiger partial charge on any atom is 0.416 e. The molecule has 1 N–H and O–H groups in total. The molecular formula is C16H25F3N2. The lowest BCUT2D eigenvalue weighted by Crippen LogP contribution is -2.31. The molecule has 0 aromatic heterocycles. The average Bonchev–Trinajstić information content (AvgIpc) is 2.41. The van der Waals surface area contributed by atoms with Crippen molar-refractivity contribution in [2.45, 2.75) is 52.9 Å². The molecule has 0 amide bonds. The minimum absolute atomic E-state index is 0.172. The molecule has 1 aromatic carbocycles. The second kappa shape index (κ2) is 7.69. The molecule has 0 spiro atoms. The fourth-order valence-electron chi connectivity index (χ4n) is 2.35. The van der Waals surface area contributed by atoms with E-state index in [1.807, 2.05) is 32.6 Å². The molecule has 5 heteroatoms. The zero-order valence-corrected chi connectivity index (χ0v) is 13.2. The first kappa shape index (κ1) is 17.8. The van der Waals surface area contributed by atoms with Crippen molar-refractivity contribution in [2.24, 2.45) is 0 Å². The van der Waals surface area contributed by atoms with Crippen molar-refractivity contribution in [3.8, 4) is 0 Å². The Kier molecular flexibility index (Phi) is 6.52. The van der Waals surface area contributed by atoms with Crippen molar-refractivity contribution < 1.29 is 13.2 Å². The van der Waals surface area contributed by atoms with Crippen LogP contribution in [0.15, 0.2) is 18.2 Å². The summed E-state index contributed by atoms with van der Waals surface area (Å²) in [7, 11) is 0. The second-order valence-corrected chi connectivity index (χ2v) is 5.41. The lowest BCUT2D eigenvalue weighted by molar-refractivity contribution is -0.138. The van der Waals surface area contributed by atoms with Gasteiger partial charge in [0.15, 0.2) is 0 Å². The smallest absolute Gasteiger partial charge is 0.369 e. The molecule has 21 heavy (non-hydrogen) atoms. The molecule has 120 valence electrons. The topological polar surface area (TPSA) is 15.3 Å². The average molecular weight is 302 g/mol. The quantitative estimate of drug-likeness (QED) is 0.801. The number of hydrogen-bond donors (Lipinski definition) is 1. The number of nitrogens with zero attached hydrogens (tertiary/aromatic N) is 1. The van der Waals surface area contributed by atoms with Gasteiger partial charge in [-0.3, -0.25) is 0 Å². The molecule has 0 aliphatic rings. The van der Waals surface area contributed by atoms with Gasteiger partial charge in [0.05, 0.1) is 5.56 Å². The van der Waals surface area contributed by atoms with Crippen LogP contribution in [0.4, 0.5) is 18.9 Å². The maximum absolute atomic E-state index is 13.3. The molecule has 0 unspecified atom stereocenters. The van der Waals surface area contributed by atoms with Gasteiger partial charge < -0.3 is 10.2 Å². The van der Waals surface area contributed by atoms with Gasteiger partial charge in [0.2, 0.25) is 0 Å². The van der Waals surface area contributed by atoms with E-state index in [0.29, 0.717) is 17.8 Å². The maximum atomic E-state index is 13.3. The van der Waals surface area contributed by atoms with Gasteiger partial charge in [0.25, 0.3) is 0 Å². The van der Waals surface area contributed by atoms with Crippen LogP contribution in [-0.2, 0) is 12.7 Å². The van der Waals surface area contributed by atoms with E-state index in [-0.39, 0.29) is 12.6 Å². The molecule has 0 radical (unpaired) electrons. The molecular weight excluding hydrogens is 277 g/mol. The van der Waals surface area contributed by atoms with E-state index in [4.69, 9.17) is 0 Å². The third-order valence-electron chi connectivity index (χ3n) is 3.38. The van der Waals surface area contributed by atoms with Crippen LogP contribution in [0, 0.1) is 0 Å². The van der Waals surface area contributed by atoms with Gasteiger partial charge in [-0.1, -0.05) is 19.9 Å². The van der Waals surface area contributed by atoms with Crippen LogP contribution >= 0.6 is 0 Å². The molecule has 0 heterocycles. The molecule has 0 atom stereocenters. The minimum Gasteiger partial charge on any atom is -0.369 e. The second-order valence-electron chi connectivity index (χ2n) is 5.41. The standard InChI is InChI=1S/C16H25F3N2/c1-5-9-21(12(3)4)14-8-7-13(11-20-6-2)15(10-14)16(17,18)19/h7-8,10,12,20H,5-6,9,11H2,1-4H3. The van der Waals surface area contributed by atoms with Gasteiger partial charge in [-0.25, -0.2) is 0 Å². The Balaban J connectivity index is 3.19. The number of anilines is 1. The predicted molar refractivity (Wildman–Crippen MR) is 81.6 cm³/mol. The Bertz CT molecular complexity index is 442. The zero-order chi connectivity index (χ0) is 16.0. The number of hydrogen-bond acceptors (Lipinski definition) is 2. The number of benzene rings is 1. The monoisotopic (exact) mass is 302 g/mol. The van der Waals surface area contributed by atoms with Crippen LogP contribution in [0.5, 0.6) is 0 Å². The molecule has 0 aliphatic carbocycles. The molecule has 0 saturated carbocycles. The van der Waals surface area contributed by atoms with Crippen LogP contribution < -0.4 is 10.2 Å². The lowest BCUT2D eigenvalue weighted by Gasteiger charge is -2.29. The summed E-state index contributed by atoms with van der Waals surface area (Å²) in [5.41, 5.74) is 0.399. The first-order chi connectivity index (χ1) is 9.81. The van der Waals surface area contributed by atoms with Crippen LogP contribution in [0.2, 0.25) is 0 Å². The summed E-state index contributed by atoms with van der Waals surface area (Å²) in [6, 6.07) is 4.83. The Morgan fingerprint density at radius 2 is 1.86 bits per heavy atom. The van der Waals surface area contributed by atoms with E-state index in [2.05, 4.69) is 5.32 Å². The molecule has 0 fully saturated rings. The van der Waals surface area contributed by atoms with Crippen molar-refractivity contribution in [1.82, 2.24) is 5.32 Å². The van der Waals surface area contributed by atoms with Gasteiger partial charge in [-0.2, -0.15) is 13.2 Å². The van der Waals surface area contributed by atoms with E-state index in [0.717, 1.165) is 13.0 Å². The fourth-order valence-corrected chi connectivity index (χ4v) is 2.35. The molecule has 0 bridgehead atoms. The summed E-state index contributed by atoms with van der Waals surface area (Å²) in [4.78, 5) is 2.01. The van der Waals surface area contributed by atoms with Gasteiger partial charge in [0, 0.05) is 24.8 Å². The third-order valence-corrected chi connectivity index (χ3v) is 3.38. The van der Waals surface area contributed by atoms with Crippen LogP contribution in [0.1, 0.15) is 45.2 Å². The number of nitrogens with one attached hydrogen (secondary N) is 1. The number of alkyl halides is 3. The van der Waals surface area contributed by atoms with Gasteiger partial charge in [-0.05, 0) is 44.5 Å². The normalized spacial score (nSPS) is 12.0. The van der Waals surface area contributed by atoms with Crippen molar-refractivity contribution in [2.75, 3.05) is 18.0 Å². The molecule has 0 saturated heterocycles. The Labute approximate surface area is 125 Å². The van der Waals surface area contributed by atoms with Crippen molar-refractivity contribution in [1.29, 1.82) is 0 Å².